The highest BCUT2D eigenvalue weighted by Gasteiger charge is 2.19. The van der Waals surface area contributed by atoms with Crippen molar-refractivity contribution in [3.8, 4) is 0 Å². The molecule has 9 heteroatoms. The number of benzene rings is 1. The van der Waals surface area contributed by atoms with E-state index in [2.05, 4.69) is 36.2 Å². The zero-order chi connectivity index (χ0) is 19.4. The van der Waals surface area contributed by atoms with E-state index < -0.39 is 0 Å². The van der Waals surface area contributed by atoms with Crippen LogP contribution in [0.15, 0.2) is 22.7 Å². The van der Waals surface area contributed by atoms with Crippen LogP contribution in [0.4, 0.5) is 17.6 Å². The van der Waals surface area contributed by atoms with Crippen LogP contribution in [0.1, 0.15) is 24.4 Å². The molecular weight excluding hydrogens is 398 g/mol. The lowest BCUT2D eigenvalue weighted by Gasteiger charge is -2.24. The summed E-state index contributed by atoms with van der Waals surface area (Å²) >= 11 is 3.42. The van der Waals surface area contributed by atoms with E-state index in [9.17, 15) is 4.79 Å². The van der Waals surface area contributed by atoms with Gasteiger partial charge in [0.25, 0.3) is 0 Å². The highest BCUT2D eigenvalue weighted by Crippen LogP contribution is 2.21. The number of anilines is 3. The number of likely N-dealkylation sites (N-methyl/N-ethyl adjacent to an activating group) is 1. The molecule has 26 heavy (non-hydrogen) atoms. The van der Waals surface area contributed by atoms with Crippen molar-refractivity contribution < 1.29 is 4.79 Å². The molecule has 3 N–H and O–H groups in total. The molecule has 140 valence electrons. The van der Waals surface area contributed by atoms with Gasteiger partial charge in [0.1, 0.15) is 0 Å². The van der Waals surface area contributed by atoms with E-state index in [0.717, 1.165) is 15.7 Å². The zero-order valence-electron chi connectivity index (χ0n) is 15.6. The molecule has 1 aromatic heterocycles. The Morgan fingerprint density at radius 1 is 1.27 bits per heavy atom. The molecule has 1 aromatic carbocycles. The highest BCUT2D eigenvalue weighted by molar-refractivity contribution is 9.10. The van der Waals surface area contributed by atoms with Crippen molar-refractivity contribution in [3.05, 3.63) is 34.1 Å². The first kappa shape index (κ1) is 20.1. The molecule has 0 spiro atoms. The number of halogens is 1. The standard InChI is InChI=1S/C17H24BrN7O/c1-10-8-12(18)6-7-13(10)20-14(26)9-25(5)11(2)15-21-16(19)23-17(22-15)24(3)4/h6-8,11H,9H2,1-5H3,(H,20,26)(H2,19,21,22,23)/t11-/m1/s1. The third-order valence-corrected chi connectivity index (χ3v) is 4.44. The van der Waals surface area contributed by atoms with Crippen LogP contribution in [0.3, 0.4) is 0 Å². The monoisotopic (exact) mass is 421 g/mol. The smallest absolute Gasteiger partial charge is 0.238 e. The van der Waals surface area contributed by atoms with Crippen LogP contribution in [-0.2, 0) is 4.79 Å². The second kappa shape index (κ2) is 8.41. The van der Waals surface area contributed by atoms with Gasteiger partial charge >= 0.3 is 0 Å². The van der Waals surface area contributed by atoms with Crippen LogP contribution in [0.25, 0.3) is 0 Å². The fourth-order valence-corrected chi connectivity index (χ4v) is 2.78. The Kier molecular flexibility index (Phi) is 6.49. The number of nitrogens with zero attached hydrogens (tertiary/aromatic N) is 5. The van der Waals surface area contributed by atoms with Crippen LogP contribution in [0.2, 0.25) is 0 Å². The summed E-state index contributed by atoms with van der Waals surface area (Å²) in [5.41, 5.74) is 7.56. The molecule has 0 bridgehead atoms. The minimum Gasteiger partial charge on any atom is -0.368 e. The van der Waals surface area contributed by atoms with Gasteiger partial charge in [0.2, 0.25) is 17.8 Å². The number of rotatable bonds is 6. The SMILES string of the molecule is Cc1cc(Br)ccc1NC(=O)CN(C)[C@H](C)c1nc(N)nc(N(C)C)n1. The van der Waals surface area contributed by atoms with Gasteiger partial charge in [0, 0.05) is 24.3 Å². The summed E-state index contributed by atoms with van der Waals surface area (Å²) in [5.74, 6) is 1.06. The van der Waals surface area contributed by atoms with Crippen LogP contribution in [0.5, 0.6) is 0 Å². The second-order valence-electron chi connectivity index (χ2n) is 6.34. The highest BCUT2D eigenvalue weighted by atomic mass is 79.9. The maximum atomic E-state index is 12.4. The van der Waals surface area contributed by atoms with Gasteiger partial charge in [-0.1, -0.05) is 15.9 Å². The Balaban J connectivity index is 2.06. The van der Waals surface area contributed by atoms with E-state index in [1.165, 1.54) is 0 Å². The number of carbonyl (C=O) groups is 1. The number of nitrogen functional groups attached to an aromatic ring is 1. The largest absolute Gasteiger partial charge is 0.368 e. The zero-order valence-corrected chi connectivity index (χ0v) is 17.2. The summed E-state index contributed by atoms with van der Waals surface area (Å²) in [6.07, 6.45) is 0. The number of hydrogen-bond donors (Lipinski definition) is 2. The van der Waals surface area contributed by atoms with Gasteiger partial charge in [-0.3, -0.25) is 9.69 Å². The molecule has 0 saturated heterocycles. The van der Waals surface area contributed by atoms with E-state index >= 15 is 0 Å². The van der Waals surface area contributed by atoms with Gasteiger partial charge < -0.3 is 16.0 Å². The maximum absolute atomic E-state index is 12.4. The van der Waals surface area contributed by atoms with E-state index in [1.54, 1.807) is 4.90 Å². The number of carbonyl (C=O) groups excluding carboxylic acids is 1. The lowest BCUT2D eigenvalue weighted by atomic mass is 10.2. The van der Waals surface area contributed by atoms with Crippen molar-refractivity contribution in [1.82, 2.24) is 19.9 Å². The molecule has 1 heterocycles. The lowest BCUT2D eigenvalue weighted by Crippen LogP contribution is -2.33. The maximum Gasteiger partial charge on any atom is 0.238 e. The number of aromatic nitrogens is 3. The molecule has 0 aliphatic rings. The summed E-state index contributed by atoms with van der Waals surface area (Å²) in [4.78, 5) is 28.7. The van der Waals surface area contributed by atoms with Gasteiger partial charge in [-0.2, -0.15) is 15.0 Å². The average Bonchev–Trinajstić information content (AvgIpc) is 2.56. The second-order valence-corrected chi connectivity index (χ2v) is 7.26. The minimum absolute atomic E-state index is 0.111. The molecule has 0 aliphatic carbocycles. The molecule has 0 fully saturated rings. The molecular formula is C17H24BrN7O. The third kappa shape index (κ3) is 5.12. The Morgan fingerprint density at radius 2 is 1.96 bits per heavy atom. The number of nitrogens with two attached hydrogens (primary N) is 1. The van der Waals surface area contributed by atoms with Gasteiger partial charge in [-0.15, -0.1) is 0 Å². The van der Waals surface area contributed by atoms with Crippen molar-refractivity contribution in [3.63, 3.8) is 0 Å². The topological polar surface area (TPSA) is 100 Å². The number of aryl methyl sites for hydroxylation is 1. The van der Waals surface area contributed by atoms with E-state index in [4.69, 9.17) is 5.73 Å². The van der Waals surface area contributed by atoms with Crippen molar-refractivity contribution in [2.24, 2.45) is 0 Å². The first-order valence-electron chi connectivity index (χ1n) is 8.12. The van der Waals surface area contributed by atoms with Crippen LogP contribution < -0.4 is 16.0 Å². The normalized spacial score (nSPS) is 12.1. The lowest BCUT2D eigenvalue weighted by molar-refractivity contribution is -0.117. The number of nitrogens with one attached hydrogen (secondary N) is 1. The minimum atomic E-state index is -0.198. The van der Waals surface area contributed by atoms with Crippen molar-refractivity contribution in [2.45, 2.75) is 19.9 Å². The summed E-state index contributed by atoms with van der Waals surface area (Å²) in [6.45, 7) is 4.06. The molecule has 8 nitrogen and oxygen atoms in total. The average molecular weight is 422 g/mol. The van der Waals surface area contributed by atoms with E-state index in [1.807, 2.05) is 58.1 Å². The molecule has 0 radical (unpaired) electrons. The van der Waals surface area contributed by atoms with Crippen LogP contribution >= 0.6 is 15.9 Å². The Bertz CT molecular complexity index is 797. The Morgan fingerprint density at radius 3 is 2.58 bits per heavy atom. The molecule has 1 amide bonds. The van der Waals surface area contributed by atoms with Crippen molar-refractivity contribution in [1.29, 1.82) is 0 Å². The van der Waals surface area contributed by atoms with Crippen LogP contribution in [0, 0.1) is 6.92 Å². The molecule has 1 atom stereocenters. The Hall–Kier alpha value is -2.26. The number of amides is 1. The first-order valence-corrected chi connectivity index (χ1v) is 8.91. The molecule has 0 saturated carbocycles. The van der Waals surface area contributed by atoms with Gasteiger partial charge in [0.05, 0.1) is 12.6 Å². The predicted molar refractivity (Wildman–Crippen MR) is 107 cm³/mol. The first-order chi connectivity index (χ1) is 12.2. The summed E-state index contributed by atoms with van der Waals surface area (Å²) in [5, 5.41) is 2.93. The third-order valence-electron chi connectivity index (χ3n) is 3.95. The quantitative estimate of drug-likeness (QED) is 0.736. The summed E-state index contributed by atoms with van der Waals surface area (Å²) in [6, 6.07) is 5.52. The van der Waals surface area contributed by atoms with Crippen LogP contribution in [-0.4, -0.2) is 53.4 Å². The van der Waals surface area contributed by atoms with Gasteiger partial charge in [-0.05, 0) is 44.7 Å². The number of hydrogen-bond acceptors (Lipinski definition) is 7. The van der Waals surface area contributed by atoms with Crippen molar-refractivity contribution in [2.75, 3.05) is 43.6 Å². The molecule has 2 rings (SSSR count). The summed E-state index contributed by atoms with van der Waals surface area (Å²) in [7, 11) is 5.51. The molecule has 2 aromatic rings. The van der Waals surface area contributed by atoms with E-state index in [-0.39, 0.29) is 24.4 Å². The fraction of sp³-hybridized carbons (Fsp3) is 0.412. The fourth-order valence-electron chi connectivity index (χ4n) is 2.30. The predicted octanol–water partition coefficient (Wildman–Crippen LogP) is 2.22. The van der Waals surface area contributed by atoms with Gasteiger partial charge in [-0.25, -0.2) is 0 Å². The Labute approximate surface area is 162 Å². The van der Waals surface area contributed by atoms with E-state index in [0.29, 0.717) is 11.8 Å². The van der Waals surface area contributed by atoms with Gasteiger partial charge in [0.15, 0.2) is 5.82 Å². The molecule has 0 aliphatic heterocycles. The van der Waals surface area contributed by atoms with Crippen molar-refractivity contribution >= 4 is 39.4 Å². The summed E-state index contributed by atoms with van der Waals surface area (Å²) < 4.78 is 0.975. The molecule has 0 unspecified atom stereocenters.